The molecule has 0 atom stereocenters. The molecule has 0 heterocycles. The van der Waals surface area contributed by atoms with Crippen LogP contribution < -0.4 is 10.5 Å². The average molecular weight is 242 g/mol. The lowest BCUT2D eigenvalue weighted by Gasteiger charge is -2.08. The van der Waals surface area contributed by atoms with Crippen molar-refractivity contribution >= 4 is 21.6 Å². The molecule has 1 aromatic rings. The number of ether oxygens (including phenoxy) is 1. The number of nitrogen functional groups attached to an aromatic ring is 1. The number of allylic oxidation sites excluding steroid dienone is 1. The predicted molar refractivity (Wildman–Crippen MR) is 59.0 cm³/mol. The first-order valence-electron chi connectivity index (χ1n) is 3.91. The van der Waals surface area contributed by atoms with E-state index < -0.39 is 0 Å². The summed E-state index contributed by atoms with van der Waals surface area (Å²) in [5.41, 5.74) is 7.53. The Morgan fingerprint density at radius 1 is 1.62 bits per heavy atom. The fraction of sp³-hybridized carbons (Fsp3) is 0.200. The molecule has 0 amide bonds. The number of benzene rings is 1. The highest BCUT2D eigenvalue weighted by molar-refractivity contribution is 9.10. The summed E-state index contributed by atoms with van der Waals surface area (Å²) in [6, 6.07) is 3.89. The maximum absolute atomic E-state index is 5.76. The van der Waals surface area contributed by atoms with E-state index in [0.717, 1.165) is 16.5 Å². The average Bonchev–Trinajstić information content (AvgIpc) is 2.11. The van der Waals surface area contributed by atoms with Crippen LogP contribution in [0.4, 0.5) is 5.69 Å². The normalized spacial score (nSPS) is 9.69. The second-order valence-corrected chi connectivity index (χ2v) is 3.54. The first-order chi connectivity index (χ1) is 6.19. The zero-order valence-electron chi connectivity index (χ0n) is 7.51. The fourth-order valence-electron chi connectivity index (χ4n) is 1.10. The van der Waals surface area contributed by atoms with Gasteiger partial charge in [-0.1, -0.05) is 6.08 Å². The Balaban J connectivity index is 3.13. The van der Waals surface area contributed by atoms with Crippen LogP contribution in [0.5, 0.6) is 5.75 Å². The minimum Gasteiger partial charge on any atom is -0.495 e. The van der Waals surface area contributed by atoms with E-state index in [9.17, 15) is 0 Å². The molecule has 0 radical (unpaired) electrons. The number of hydrogen-bond donors (Lipinski definition) is 1. The van der Waals surface area contributed by atoms with Gasteiger partial charge in [-0.15, -0.1) is 6.58 Å². The summed E-state index contributed by atoms with van der Waals surface area (Å²) in [4.78, 5) is 0. The van der Waals surface area contributed by atoms with Crippen LogP contribution in [0.3, 0.4) is 0 Å². The molecule has 0 aromatic heterocycles. The van der Waals surface area contributed by atoms with Gasteiger partial charge in [0.05, 0.1) is 12.8 Å². The van der Waals surface area contributed by atoms with Crippen LogP contribution >= 0.6 is 15.9 Å². The number of halogens is 1. The van der Waals surface area contributed by atoms with Crippen LogP contribution in [0, 0.1) is 0 Å². The Hall–Kier alpha value is -0.960. The van der Waals surface area contributed by atoms with E-state index in [4.69, 9.17) is 10.5 Å². The van der Waals surface area contributed by atoms with Crippen molar-refractivity contribution in [2.75, 3.05) is 12.8 Å². The molecule has 1 rings (SSSR count). The lowest BCUT2D eigenvalue weighted by atomic mass is 10.1. The summed E-state index contributed by atoms with van der Waals surface area (Å²) in [5.74, 6) is 0.700. The highest BCUT2D eigenvalue weighted by atomic mass is 79.9. The van der Waals surface area contributed by atoms with Crippen LogP contribution in [0.25, 0.3) is 0 Å². The second-order valence-electron chi connectivity index (χ2n) is 2.69. The summed E-state index contributed by atoms with van der Waals surface area (Å²) >= 11 is 3.37. The Bertz CT molecular complexity index is 323. The zero-order chi connectivity index (χ0) is 9.84. The van der Waals surface area contributed by atoms with E-state index in [2.05, 4.69) is 22.5 Å². The van der Waals surface area contributed by atoms with Crippen molar-refractivity contribution in [1.82, 2.24) is 0 Å². The van der Waals surface area contributed by atoms with Crippen LogP contribution in [0.2, 0.25) is 0 Å². The van der Waals surface area contributed by atoms with Gasteiger partial charge in [0.15, 0.2) is 0 Å². The first-order valence-corrected chi connectivity index (χ1v) is 4.71. The summed E-state index contributed by atoms with van der Waals surface area (Å²) in [7, 11) is 1.61. The molecule has 3 heteroatoms. The molecular formula is C10H12BrNO. The molecule has 0 aliphatic rings. The van der Waals surface area contributed by atoms with Gasteiger partial charge in [-0.25, -0.2) is 0 Å². The van der Waals surface area contributed by atoms with E-state index in [0.29, 0.717) is 11.4 Å². The zero-order valence-corrected chi connectivity index (χ0v) is 9.10. The number of nitrogens with two attached hydrogens (primary N) is 1. The van der Waals surface area contributed by atoms with Gasteiger partial charge >= 0.3 is 0 Å². The molecule has 2 nitrogen and oxygen atoms in total. The fourth-order valence-corrected chi connectivity index (χ4v) is 1.59. The maximum atomic E-state index is 5.76. The van der Waals surface area contributed by atoms with E-state index in [1.807, 2.05) is 18.2 Å². The SMILES string of the molecule is C=CCc1cc(Br)c(N)c(OC)c1. The maximum Gasteiger partial charge on any atom is 0.143 e. The molecule has 0 aliphatic carbocycles. The van der Waals surface area contributed by atoms with Crippen molar-refractivity contribution in [3.8, 4) is 5.75 Å². The summed E-state index contributed by atoms with van der Waals surface area (Å²) in [6.07, 6.45) is 2.66. The van der Waals surface area contributed by atoms with Gasteiger partial charge in [0, 0.05) is 4.47 Å². The summed E-state index contributed by atoms with van der Waals surface area (Å²) in [6.45, 7) is 3.68. The van der Waals surface area contributed by atoms with Gasteiger partial charge in [-0.2, -0.15) is 0 Å². The van der Waals surface area contributed by atoms with Gasteiger partial charge in [-0.05, 0) is 40.0 Å². The minimum atomic E-state index is 0.635. The highest BCUT2D eigenvalue weighted by Gasteiger charge is 2.05. The third-order valence-corrected chi connectivity index (χ3v) is 2.41. The lowest BCUT2D eigenvalue weighted by Crippen LogP contribution is -1.95. The smallest absolute Gasteiger partial charge is 0.143 e. The van der Waals surface area contributed by atoms with Crippen molar-refractivity contribution in [1.29, 1.82) is 0 Å². The van der Waals surface area contributed by atoms with Crippen molar-refractivity contribution < 1.29 is 4.74 Å². The minimum absolute atomic E-state index is 0.635. The Morgan fingerprint density at radius 3 is 2.85 bits per heavy atom. The first kappa shape index (κ1) is 10.1. The summed E-state index contributed by atoms with van der Waals surface area (Å²) < 4.78 is 5.99. The quantitative estimate of drug-likeness (QED) is 0.653. The van der Waals surface area contributed by atoms with Gasteiger partial charge < -0.3 is 10.5 Å². The van der Waals surface area contributed by atoms with Crippen LogP contribution in [0.1, 0.15) is 5.56 Å². The monoisotopic (exact) mass is 241 g/mol. The standard InChI is InChI=1S/C10H12BrNO/c1-3-4-7-5-8(11)10(12)9(6-7)13-2/h3,5-6H,1,4,12H2,2H3. The van der Waals surface area contributed by atoms with Gasteiger partial charge in [0.1, 0.15) is 5.75 Å². The van der Waals surface area contributed by atoms with E-state index in [1.54, 1.807) is 7.11 Å². The molecule has 0 spiro atoms. The van der Waals surface area contributed by atoms with Crippen molar-refractivity contribution in [2.24, 2.45) is 0 Å². The van der Waals surface area contributed by atoms with Crippen LogP contribution in [-0.2, 0) is 6.42 Å². The van der Waals surface area contributed by atoms with Crippen LogP contribution in [-0.4, -0.2) is 7.11 Å². The Morgan fingerprint density at radius 2 is 2.31 bits per heavy atom. The molecule has 0 aliphatic heterocycles. The lowest BCUT2D eigenvalue weighted by molar-refractivity contribution is 0.416. The molecular weight excluding hydrogens is 230 g/mol. The third-order valence-electron chi connectivity index (χ3n) is 1.75. The van der Waals surface area contributed by atoms with Gasteiger partial charge in [-0.3, -0.25) is 0 Å². The number of methoxy groups -OCH3 is 1. The Labute approximate surface area is 86.5 Å². The molecule has 0 saturated heterocycles. The molecule has 0 fully saturated rings. The van der Waals surface area contributed by atoms with Crippen molar-refractivity contribution in [2.45, 2.75) is 6.42 Å². The molecule has 70 valence electrons. The topological polar surface area (TPSA) is 35.2 Å². The van der Waals surface area contributed by atoms with E-state index >= 15 is 0 Å². The van der Waals surface area contributed by atoms with Gasteiger partial charge in [0.2, 0.25) is 0 Å². The molecule has 13 heavy (non-hydrogen) atoms. The van der Waals surface area contributed by atoms with Crippen molar-refractivity contribution in [3.63, 3.8) is 0 Å². The molecule has 0 saturated carbocycles. The third kappa shape index (κ3) is 2.25. The summed E-state index contributed by atoms with van der Waals surface area (Å²) in [5, 5.41) is 0. The number of anilines is 1. The van der Waals surface area contributed by atoms with Crippen molar-refractivity contribution in [3.05, 3.63) is 34.8 Å². The van der Waals surface area contributed by atoms with Gasteiger partial charge in [0.25, 0.3) is 0 Å². The molecule has 0 unspecified atom stereocenters. The second kappa shape index (κ2) is 4.33. The molecule has 1 aromatic carbocycles. The predicted octanol–water partition coefficient (Wildman–Crippen LogP) is 2.77. The van der Waals surface area contributed by atoms with Crippen LogP contribution in [0.15, 0.2) is 29.3 Å². The Kier molecular flexibility index (Phi) is 3.37. The largest absolute Gasteiger partial charge is 0.495 e. The van der Waals surface area contributed by atoms with E-state index in [1.165, 1.54) is 0 Å². The van der Waals surface area contributed by atoms with E-state index in [-0.39, 0.29) is 0 Å². The highest BCUT2D eigenvalue weighted by Crippen LogP contribution is 2.31. The number of rotatable bonds is 3. The molecule has 0 bridgehead atoms. The number of hydrogen-bond acceptors (Lipinski definition) is 2. The molecule has 2 N–H and O–H groups in total.